The van der Waals surface area contributed by atoms with Gasteiger partial charge in [-0.25, -0.2) is 14.5 Å². The predicted molar refractivity (Wildman–Crippen MR) is 93.6 cm³/mol. The van der Waals surface area contributed by atoms with Crippen molar-refractivity contribution in [3.8, 4) is 0 Å². The van der Waals surface area contributed by atoms with Crippen LogP contribution in [0.4, 0.5) is 28.4 Å². The maximum absolute atomic E-state index is 12.5. The van der Waals surface area contributed by atoms with Gasteiger partial charge in [0.1, 0.15) is 6.54 Å². The summed E-state index contributed by atoms with van der Waals surface area (Å²) in [5.41, 5.74) is 7.54. The van der Waals surface area contributed by atoms with Gasteiger partial charge in [-0.15, -0.1) is 0 Å². The minimum Gasteiger partial charge on any atom is -0.465 e. The summed E-state index contributed by atoms with van der Waals surface area (Å²) in [6, 6.07) is 6.71. The topological polar surface area (TPSA) is 98.9 Å². The largest absolute Gasteiger partial charge is 0.465 e. The molecule has 0 bridgehead atoms. The molecular weight excluding hydrogens is 365 g/mol. The zero-order chi connectivity index (χ0) is 20.0. The molecule has 150 valence electrons. The summed E-state index contributed by atoms with van der Waals surface area (Å²) in [5.74, 6) is 0. The molecule has 1 aliphatic heterocycles. The van der Waals surface area contributed by atoms with Crippen LogP contribution in [0.25, 0.3) is 0 Å². The minimum atomic E-state index is -4.77. The van der Waals surface area contributed by atoms with Crippen molar-refractivity contribution in [2.24, 2.45) is 5.73 Å². The number of amides is 3. The quantitative estimate of drug-likeness (QED) is 0.720. The van der Waals surface area contributed by atoms with Crippen LogP contribution < -0.4 is 11.1 Å². The van der Waals surface area contributed by atoms with Gasteiger partial charge in [0, 0.05) is 24.8 Å². The highest BCUT2D eigenvalue weighted by Gasteiger charge is 2.38. The molecule has 2 rings (SSSR count). The molecule has 1 saturated heterocycles. The summed E-state index contributed by atoms with van der Waals surface area (Å²) < 4.78 is 37.4. The Morgan fingerprint density at radius 3 is 2.30 bits per heavy atom. The van der Waals surface area contributed by atoms with Gasteiger partial charge in [-0.1, -0.05) is 12.1 Å². The third-order valence-corrected chi connectivity index (χ3v) is 4.32. The van der Waals surface area contributed by atoms with E-state index in [1.165, 1.54) is 0 Å². The number of nitrogens with one attached hydrogen (secondary N) is 1. The van der Waals surface area contributed by atoms with Crippen LogP contribution >= 0.6 is 0 Å². The fraction of sp³-hybridized carbons (Fsp3) is 0.529. The summed E-state index contributed by atoms with van der Waals surface area (Å²) in [5, 5.41) is 12.2. The van der Waals surface area contributed by atoms with Gasteiger partial charge in [0.2, 0.25) is 0 Å². The van der Waals surface area contributed by atoms with Crippen molar-refractivity contribution in [1.82, 2.24) is 9.80 Å². The van der Waals surface area contributed by atoms with E-state index in [9.17, 15) is 22.8 Å². The molecular formula is C17H23F3N4O3. The van der Waals surface area contributed by atoms with Crippen LogP contribution in [0.2, 0.25) is 0 Å². The van der Waals surface area contributed by atoms with Crippen LogP contribution in [0, 0.1) is 0 Å². The molecule has 0 unspecified atom stereocenters. The van der Waals surface area contributed by atoms with Crippen LogP contribution in [0.3, 0.4) is 0 Å². The smallest absolute Gasteiger partial charge is 0.415 e. The molecule has 27 heavy (non-hydrogen) atoms. The van der Waals surface area contributed by atoms with Gasteiger partial charge in [-0.05, 0) is 43.5 Å². The summed E-state index contributed by atoms with van der Waals surface area (Å²) in [7, 11) is 0. The Morgan fingerprint density at radius 2 is 1.81 bits per heavy atom. The fourth-order valence-corrected chi connectivity index (χ4v) is 2.95. The van der Waals surface area contributed by atoms with Crippen LogP contribution in [0.1, 0.15) is 18.4 Å². The zero-order valence-corrected chi connectivity index (χ0v) is 14.7. The maximum Gasteiger partial charge on any atom is 0.415 e. The maximum atomic E-state index is 12.5. The number of anilines is 1. The Morgan fingerprint density at radius 1 is 1.22 bits per heavy atom. The van der Waals surface area contributed by atoms with E-state index < -0.39 is 24.8 Å². The van der Waals surface area contributed by atoms with E-state index in [0.29, 0.717) is 19.4 Å². The number of hydrogen-bond donors (Lipinski definition) is 3. The third kappa shape index (κ3) is 6.31. The highest BCUT2D eigenvalue weighted by Crippen LogP contribution is 2.21. The third-order valence-electron chi connectivity index (χ3n) is 4.32. The van der Waals surface area contributed by atoms with Crippen LogP contribution in [-0.2, 0) is 6.42 Å². The van der Waals surface area contributed by atoms with Gasteiger partial charge < -0.3 is 21.1 Å². The van der Waals surface area contributed by atoms with Crippen molar-refractivity contribution in [2.45, 2.75) is 31.5 Å². The van der Waals surface area contributed by atoms with E-state index in [-0.39, 0.29) is 24.0 Å². The number of likely N-dealkylation sites (tertiary alicyclic amines) is 1. The first kappa shape index (κ1) is 20.8. The fourth-order valence-electron chi connectivity index (χ4n) is 2.95. The number of urea groups is 1. The zero-order valence-electron chi connectivity index (χ0n) is 14.7. The number of halogens is 3. The Labute approximate surface area is 154 Å². The van der Waals surface area contributed by atoms with Crippen LogP contribution in [-0.4, -0.2) is 65.4 Å². The molecule has 4 N–H and O–H groups in total. The summed E-state index contributed by atoms with van der Waals surface area (Å²) in [6.45, 7) is -0.873. The van der Waals surface area contributed by atoms with Crippen LogP contribution in [0.5, 0.6) is 0 Å². The number of rotatable bonds is 5. The normalized spacial score (nSPS) is 15.5. The lowest BCUT2D eigenvalue weighted by Crippen LogP contribution is -2.52. The number of imide groups is 1. The van der Waals surface area contributed by atoms with Gasteiger partial charge >= 0.3 is 18.3 Å². The number of carboxylic acid groups (broad SMARTS) is 1. The second-order valence-electron chi connectivity index (χ2n) is 6.41. The van der Waals surface area contributed by atoms with E-state index in [2.05, 4.69) is 5.32 Å². The van der Waals surface area contributed by atoms with Crippen molar-refractivity contribution < 1.29 is 27.9 Å². The number of carbonyl (C=O) groups excluding carboxylic acids is 1. The number of nitrogens with zero attached hydrogens (tertiary/aromatic N) is 2. The number of nitrogens with two attached hydrogens (primary N) is 1. The van der Waals surface area contributed by atoms with E-state index in [4.69, 9.17) is 10.8 Å². The van der Waals surface area contributed by atoms with Crippen molar-refractivity contribution in [1.29, 1.82) is 0 Å². The molecule has 10 heteroatoms. The molecule has 0 atom stereocenters. The molecule has 1 aromatic carbocycles. The Bertz CT molecular complexity index is 644. The molecule has 1 heterocycles. The Balaban J connectivity index is 1.88. The van der Waals surface area contributed by atoms with Crippen molar-refractivity contribution in [3.63, 3.8) is 0 Å². The van der Waals surface area contributed by atoms with Crippen molar-refractivity contribution >= 4 is 17.8 Å². The lowest BCUT2D eigenvalue weighted by Gasteiger charge is -2.35. The average Bonchev–Trinajstić information content (AvgIpc) is 2.61. The number of piperidine rings is 1. The lowest BCUT2D eigenvalue weighted by atomic mass is 10.0. The number of alkyl halides is 3. The lowest BCUT2D eigenvalue weighted by molar-refractivity contribution is -0.137. The van der Waals surface area contributed by atoms with Crippen molar-refractivity contribution in [2.75, 3.05) is 31.5 Å². The first-order valence-corrected chi connectivity index (χ1v) is 8.61. The molecule has 0 spiro atoms. The number of hydrogen-bond acceptors (Lipinski definition) is 4. The minimum absolute atomic E-state index is 0.0512. The number of benzene rings is 1. The van der Waals surface area contributed by atoms with E-state index >= 15 is 0 Å². The predicted octanol–water partition coefficient (Wildman–Crippen LogP) is 2.73. The Hall–Kier alpha value is -2.49. The standard InChI is InChI=1S/C17H23F3N4O3/c18-17(19,20)11-24(16(26)27)15(25)23-9-6-14(7-10-23)22-13-3-1-12(2-4-13)5-8-21/h1-4,14,22H,5-11,21H2,(H,26,27). The van der Waals surface area contributed by atoms with Crippen molar-refractivity contribution in [3.05, 3.63) is 29.8 Å². The van der Waals surface area contributed by atoms with E-state index in [0.717, 1.165) is 22.6 Å². The van der Waals surface area contributed by atoms with Crippen LogP contribution in [0.15, 0.2) is 24.3 Å². The first-order valence-electron chi connectivity index (χ1n) is 8.61. The first-order chi connectivity index (χ1) is 12.7. The number of carbonyl (C=O) groups is 2. The molecule has 0 saturated carbocycles. The molecule has 7 nitrogen and oxygen atoms in total. The SMILES string of the molecule is NCCc1ccc(NC2CCN(C(=O)N(CC(F)(F)F)C(=O)O)CC2)cc1. The summed E-state index contributed by atoms with van der Waals surface area (Å²) in [4.78, 5) is 24.1. The van der Waals surface area contributed by atoms with Gasteiger partial charge in [0.15, 0.2) is 0 Å². The van der Waals surface area contributed by atoms with Gasteiger partial charge in [0.05, 0.1) is 0 Å². The van der Waals surface area contributed by atoms with Gasteiger partial charge in [0.25, 0.3) is 0 Å². The highest BCUT2D eigenvalue weighted by atomic mass is 19.4. The molecule has 1 aliphatic rings. The second kappa shape index (κ2) is 8.94. The summed E-state index contributed by atoms with van der Waals surface area (Å²) in [6.07, 6.45) is -4.87. The molecule has 0 radical (unpaired) electrons. The monoisotopic (exact) mass is 388 g/mol. The molecule has 1 aromatic rings. The average molecular weight is 388 g/mol. The summed E-state index contributed by atoms with van der Waals surface area (Å²) >= 11 is 0. The van der Waals surface area contributed by atoms with Gasteiger partial charge in [-0.3, -0.25) is 0 Å². The second-order valence-corrected chi connectivity index (χ2v) is 6.41. The molecule has 0 aliphatic carbocycles. The van der Waals surface area contributed by atoms with E-state index in [1.807, 2.05) is 24.3 Å². The highest BCUT2D eigenvalue weighted by molar-refractivity contribution is 5.90. The Kier molecular flexibility index (Phi) is 6.89. The molecule has 1 fully saturated rings. The van der Waals surface area contributed by atoms with E-state index in [1.54, 1.807) is 0 Å². The molecule has 0 aromatic heterocycles. The van der Waals surface area contributed by atoms with Gasteiger partial charge in [-0.2, -0.15) is 13.2 Å². The molecule has 3 amide bonds.